The molecule has 1 aromatic carbocycles. The van der Waals surface area contributed by atoms with Crippen LogP contribution >= 0.6 is 11.8 Å². The number of aromatic nitrogens is 3. The Morgan fingerprint density at radius 1 is 1.03 bits per heavy atom. The maximum absolute atomic E-state index is 13.5. The van der Waals surface area contributed by atoms with Gasteiger partial charge in [0.25, 0.3) is 11.8 Å². The third kappa shape index (κ3) is 6.56. The lowest BCUT2D eigenvalue weighted by molar-refractivity contribution is -0.141. The van der Waals surface area contributed by atoms with Crippen LogP contribution in [-0.2, 0) is 6.18 Å². The van der Waals surface area contributed by atoms with E-state index in [0.717, 1.165) is 35.2 Å². The van der Waals surface area contributed by atoms with E-state index in [4.69, 9.17) is 4.74 Å². The fourth-order valence-electron chi connectivity index (χ4n) is 3.56. The number of alkyl halides is 3. The van der Waals surface area contributed by atoms with Gasteiger partial charge >= 0.3 is 6.18 Å². The lowest BCUT2D eigenvalue weighted by Gasteiger charge is -2.22. The molecule has 0 bridgehead atoms. The number of amides is 2. The van der Waals surface area contributed by atoms with Crippen LogP contribution < -0.4 is 15.4 Å². The molecule has 4 rings (SSSR count). The molecule has 0 radical (unpaired) electrons. The van der Waals surface area contributed by atoms with Crippen LogP contribution in [0.1, 0.15) is 39.3 Å². The second-order valence-electron chi connectivity index (χ2n) is 8.00. The average Bonchev–Trinajstić information content (AvgIpc) is 3.35. The number of thioether (sulfide) groups is 1. The van der Waals surface area contributed by atoms with Gasteiger partial charge in [0.2, 0.25) is 5.88 Å². The molecule has 1 aliphatic heterocycles. The Labute approximate surface area is 209 Å². The number of benzene rings is 1. The molecule has 2 amide bonds. The number of ether oxygens (including phenoxy) is 1. The Bertz CT molecular complexity index is 1180. The van der Waals surface area contributed by atoms with Crippen molar-refractivity contribution in [2.45, 2.75) is 25.1 Å². The van der Waals surface area contributed by atoms with Gasteiger partial charge in [0, 0.05) is 31.5 Å². The third-order valence-electron chi connectivity index (χ3n) is 5.40. The molecule has 1 aliphatic rings. The molecule has 2 N–H and O–H groups in total. The van der Waals surface area contributed by atoms with Crippen molar-refractivity contribution in [3.63, 3.8) is 0 Å². The van der Waals surface area contributed by atoms with Crippen molar-refractivity contribution in [1.29, 1.82) is 0 Å². The SMILES string of the molecule is O=C(NCCNC(=O)c1cn(-c2ccccc2)nc1C(F)(F)F)c1ccc(OC2CCSCC2)nc1. The fourth-order valence-corrected chi connectivity index (χ4v) is 4.62. The molecular formula is C24H24F3N5O3S. The van der Waals surface area contributed by atoms with Crippen LogP contribution in [0.25, 0.3) is 5.69 Å². The topological polar surface area (TPSA) is 98.1 Å². The van der Waals surface area contributed by atoms with Gasteiger partial charge in [0.15, 0.2) is 5.69 Å². The van der Waals surface area contributed by atoms with Gasteiger partial charge in [-0.05, 0) is 42.5 Å². The number of nitrogens with zero attached hydrogens (tertiary/aromatic N) is 3. The number of hydrogen-bond donors (Lipinski definition) is 2. The van der Waals surface area contributed by atoms with Crippen molar-refractivity contribution in [2.75, 3.05) is 24.6 Å². The highest BCUT2D eigenvalue weighted by Gasteiger charge is 2.39. The third-order valence-corrected chi connectivity index (χ3v) is 6.45. The number of carbonyl (C=O) groups is 2. The molecule has 1 fully saturated rings. The number of para-hydroxylation sites is 1. The summed E-state index contributed by atoms with van der Waals surface area (Å²) in [6.07, 6.45) is -0.336. The van der Waals surface area contributed by atoms with Crippen molar-refractivity contribution in [2.24, 2.45) is 0 Å². The van der Waals surface area contributed by atoms with Gasteiger partial charge < -0.3 is 15.4 Å². The van der Waals surface area contributed by atoms with E-state index in [1.807, 2.05) is 11.8 Å². The molecule has 3 heterocycles. The summed E-state index contributed by atoms with van der Waals surface area (Å²) >= 11 is 1.89. The van der Waals surface area contributed by atoms with E-state index in [0.29, 0.717) is 17.1 Å². The Hall–Kier alpha value is -3.54. The first kappa shape index (κ1) is 25.5. The quantitative estimate of drug-likeness (QED) is 0.441. The highest BCUT2D eigenvalue weighted by atomic mass is 32.2. The van der Waals surface area contributed by atoms with E-state index in [1.165, 1.54) is 6.20 Å². The molecular weight excluding hydrogens is 495 g/mol. The molecule has 0 saturated carbocycles. The number of hydrogen-bond acceptors (Lipinski definition) is 6. The van der Waals surface area contributed by atoms with Gasteiger partial charge in [-0.2, -0.15) is 30.0 Å². The number of nitrogens with one attached hydrogen (secondary N) is 2. The molecule has 190 valence electrons. The predicted octanol–water partition coefficient (Wildman–Crippen LogP) is 3.72. The van der Waals surface area contributed by atoms with Crippen LogP contribution in [-0.4, -0.2) is 57.3 Å². The molecule has 8 nitrogen and oxygen atoms in total. The van der Waals surface area contributed by atoms with Crippen molar-refractivity contribution in [3.05, 3.63) is 71.7 Å². The van der Waals surface area contributed by atoms with Gasteiger partial charge in [-0.15, -0.1) is 0 Å². The number of rotatable bonds is 8. The summed E-state index contributed by atoms with van der Waals surface area (Å²) < 4.78 is 47.2. The lowest BCUT2D eigenvalue weighted by atomic mass is 10.2. The molecule has 36 heavy (non-hydrogen) atoms. The zero-order valence-electron chi connectivity index (χ0n) is 19.1. The van der Waals surface area contributed by atoms with Gasteiger partial charge in [0.05, 0.1) is 16.8 Å². The normalized spacial score (nSPS) is 14.3. The minimum absolute atomic E-state index is 0.0107. The lowest BCUT2D eigenvalue weighted by Crippen LogP contribution is -2.35. The van der Waals surface area contributed by atoms with Gasteiger partial charge in [-0.25, -0.2) is 9.67 Å². The molecule has 2 aromatic heterocycles. The first-order chi connectivity index (χ1) is 17.3. The smallest absolute Gasteiger partial charge is 0.435 e. The summed E-state index contributed by atoms with van der Waals surface area (Å²) in [7, 11) is 0. The van der Waals surface area contributed by atoms with Gasteiger partial charge in [-0.1, -0.05) is 18.2 Å². The summed E-state index contributed by atoms with van der Waals surface area (Å²) in [5, 5.41) is 8.55. The van der Waals surface area contributed by atoms with Crippen LogP contribution in [0.15, 0.2) is 54.9 Å². The van der Waals surface area contributed by atoms with E-state index in [2.05, 4.69) is 20.7 Å². The van der Waals surface area contributed by atoms with Crippen LogP contribution in [0.5, 0.6) is 5.88 Å². The molecule has 3 aromatic rings. The summed E-state index contributed by atoms with van der Waals surface area (Å²) in [6, 6.07) is 11.4. The maximum atomic E-state index is 13.5. The van der Waals surface area contributed by atoms with Crippen molar-refractivity contribution in [3.8, 4) is 11.6 Å². The summed E-state index contributed by atoms with van der Waals surface area (Å²) in [5.41, 5.74) is -1.20. The number of carbonyl (C=O) groups excluding carboxylic acids is 2. The number of pyridine rings is 1. The Morgan fingerprint density at radius 2 is 1.72 bits per heavy atom. The van der Waals surface area contributed by atoms with Crippen molar-refractivity contribution < 1.29 is 27.5 Å². The fraction of sp³-hybridized carbons (Fsp3) is 0.333. The summed E-state index contributed by atoms with van der Waals surface area (Å²) in [6.45, 7) is -0.0660. The first-order valence-corrected chi connectivity index (χ1v) is 12.5. The molecule has 1 saturated heterocycles. The number of halogens is 3. The Morgan fingerprint density at radius 3 is 2.36 bits per heavy atom. The maximum Gasteiger partial charge on any atom is 0.435 e. The molecule has 12 heteroatoms. The monoisotopic (exact) mass is 519 g/mol. The standard InChI is InChI=1S/C24H24F3N5O3S/c25-24(26,27)21-19(15-32(31-21)17-4-2-1-3-5-17)23(34)29-11-10-28-22(33)16-6-7-20(30-14-16)35-18-8-12-36-13-9-18/h1-7,14-15,18H,8-13H2,(H,28,33)(H,29,34). The van der Waals surface area contributed by atoms with E-state index in [9.17, 15) is 22.8 Å². The van der Waals surface area contributed by atoms with Crippen LogP contribution in [0, 0.1) is 0 Å². The van der Waals surface area contributed by atoms with Gasteiger partial charge in [0.1, 0.15) is 6.10 Å². The van der Waals surface area contributed by atoms with Crippen molar-refractivity contribution in [1.82, 2.24) is 25.4 Å². The highest BCUT2D eigenvalue weighted by Crippen LogP contribution is 2.31. The van der Waals surface area contributed by atoms with Crippen LogP contribution in [0.4, 0.5) is 13.2 Å². The molecule has 0 aliphatic carbocycles. The van der Waals surface area contributed by atoms with Gasteiger partial charge in [-0.3, -0.25) is 9.59 Å². The summed E-state index contributed by atoms with van der Waals surface area (Å²) in [4.78, 5) is 29.0. The zero-order valence-corrected chi connectivity index (χ0v) is 19.9. The minimum atomic E-state index is -4.81. The molecule has 0 atom stereocenters. The Kier molecular flexibility index (Phi) is 8.14. The zero-order chi connectivity index (χ0) is 25.5. The van der Waals surface area contributed by atoms with Crippen molar-refractivity contribution >= 4 is 23.6 Å². The summed E-state index contributed by atoms with van der Waals surface area (Å²) in [5.74, 6) is 1.18. The molecule has 0 unspecified atom stereocenters. The van der Waals surface area contributed by atoms with Crippen LogP contribution in [0.3, 0.4) is 0 Å². The Balaban J connectivity index is 1.29. The van der Waals surface area contributed by atoms with E-state index >= 15 is 0 Å². The highest BCUT2D eigenvalue weighted by molar-refractivity contribution is 7.99. The first-order valence-electron chi connectivity index (χ1n) is 11.3. The second-order valence-corrected chi connectivity index (χ2v) is 9.22. The van der Waals surface area contributed by atoms with E-state index < -0.39 is 29.2 Å². The second kappa shape index (κ2) is 11.5. The molecule has 0 spiro atoms. The van der Waals surface area contributed by atoms with E-state index in [-0.39, 0.29) is 19.2 Å². The average molecular weight is 520 g/mol. The largest absolute Gasteiger partial charge is 0.474 e. The van der Waals surface area contributed by atoms with E-state index in [1.54, 1.807) is 42.5 Å². The predicted molar refractivity (Wildman–Crippen MR) is 128 cm³/mol. The van der Waals surface area contributed by atoms with Crippen LogP contribution in [0.2, 0.25) is 0 Å². The minimum Gasteiger partial charge on any atom is -0.474 e.